The van der Waals surface area contributed by atoms with Crippen molar-refractivity contribution in [1.82, 2.24) is 10.2 Å². The largest absolute Gasteiger partial charge is 0.325 e. The van der Waals surface area contributed by atoms with Crippen LogP contribution in [0.2, 0.25) is 5.02 Å². The van der Waals surface area contributed by atoms with Crippen LogP contribution in [-0.2, 0) is 10.3 Å². The van der Waals surface area contributed by atoms with E-state index in [9.17, 15) is 23.2 Å². The van der Waals surface area contributed by atoms with Crippen molar-refractivity contribution in [3.05, 3.63) is 70.2 Å². The minimum absolute atomic E-state index is 0.234. The second-order valence-corrected chi connectivity index (χ2v) is 6.57. The van der Waals surface area contributed by atoms with E-state index < -0.39 is 47.0 Å². The molecule has 140 valence electrons. The van der Waals surface area contributed by atoms with E-state index in [2.05, 4.69) is 5.32 Å². The molecule has 0 aliphatic carbocycles. The van der Waals surface area contributed by atoms with Gasteiger partial charge in [0.15, 0.2) is 5.78 Å². The molecule has 27 heavy (non-hydrogen) atoms. The first-order valence-corrected chi connectivity index (χ1v) is 8.54. The van der Waals surface area contributed by atoms with Gasteiger partial charge in [-0.25, -0.2) is 13.6 Å². The Morgan fingerprint density at radius 3 is 2.44 bits per heavy atom. The molecule has 0 saturated carbocycles. The van der Waals surface area contributed by atoms with E-state index in [0.717, 1.165) is 18.2 Å². The van der Waals surface area contributed by atoms with Crippen molar-refractivity contribution < 1.29 is 23.2 Å². The number of Topliss-reactive ketones (excluding diaryl/α,β-unsaturated/α-hetero) is 1. The van der Waals surface area contributed by atoms with Gasteiger partial charge in [-0.2, -0.15) is 0 Å². The topological polar surface area (TPSA) is 66.5 Å². The Hall–Kier alpha value is -2.80. The van der Waals surface area contributed by atoms with Gasteiger partial charge in [0.1, 0.15) is 17.2 Å². The average molecular weight is 393 g/mol. The summed E-state index contributed by atoms with van der Waals surface area (Å²) in [6, 6.07) is 8.06. The molecule has 1 atom stereocenters. The number of ketones is 1. The zero-order chi connectivity index (χ0) is 19.8. The molecule has 0 radical (unpaired) electrons. The third kappa shape index (κ3) is 3.30. The van der Waals surface area contributed by atoms with Crippen LogP contribution >= 0.6 is 11.6 Å². The van der Waals surface area contributed by atoms with Gasteiger partial charge in [0.2, 0.25) is 0 Å². The molecule has 5 nitrogen and oxygen atoms in total. The summed E-state index contributed by atoms with van der Waals surface area (Å²) in [4.78, 5) is 38.4. The minimum atomic E-state index is -1.34. The van der Waals surface area contributed by atoms with Crippen molar-refractivity contribution in [1.29, 1.82) is 0 Å². The molecule has 0 spiro atoms. The van der Waals surface area contributed by atoms with Crippen molar-refractivity contribution in [2.75, 3.05) is 6.54 Å². The van der Waals surface area contributed by atoms with Crippen LogP contribution in [0.4, 0.5) is 13.6 Å². The van der Waals surface area contributed by atoms with Gasteiger partial charge in [0.25, 0.3) is 5.91 Å². The molecule has 3 rings (SSSR count). The number of imide groups is 1. The molecule has 1 aliphatic heterocycles. The van der Waals surface area contributed by atoms with E-state index in [1.54, 1.807) is 31.2 Å². The zero-order valence-electron chi connectivity index (χ0n) is 14.3. The van der Waals surface area contributed by atoms with Crippen LogP contribution in [0.25, 0.3) is 0 Å². The quantitative estimate of drug-likeness (QED) is 0.623. The van der Waals surface area contributed by atoms with E-state index >= 15 is 0 Å². The first-order valence-electron chi connectivity index (χ1n) is 8.17. The summed E-state index contributed by atoms with van der Waals surface area (Å²) in [6.07, 6.45) is 0.234. The van der Waals surface area contributed by atoms with Crippen molar-refractivity contribution in [3.8, 4) is 0 Å². The normalized spacial score (nSPS) is 19.3. The fourth-order valence-corrected chi connectivity index (χ4v) is 3.21. The molecule has 1 N–H and O–H groups in total. The summed E-state index contributed by atoms with van der Waals surface area (Å²) in [5.41, 5.74) is -1.35. The standard InChI is InChI=1S/C19H15ClF2N2O3/c1-2-19(11-3-5-12(20)6-4-11)17(26)24(18(27)23-19)10-16(25)14-9-13(21)7-8-15(14)22/h3-9H,2,10H2,1H3,(H,23,27)/t19-/m0/s1. The summed E-state index contributed by atoms with van der Waals surface area (Å²) in [7, 11) is 0. The van der Waals surface area contributed by atoms with Crippen LogP contribution in [-0.4, -0.2) is 29.2 Å². The first-order chi connectivity index (χ1) is 12.8. The molecular weight excluding hydrogens is 378 g/mol. The van der Waals surface area contributed by atoms with Gasteiger partial charge in [-0.3, -0.25) is 14.5 Å². The smallest absolute Gasteiger partial charge is 0.319 e. The monoisotopic (exact) mass is 392 g/mol. The van der Waals surface area contributed by atoms with Crippen molar-refractivity contribution >= 4 is 29.3 Å². The number of carbonyl (C=O) groups excluding carboxylic acids is 3. The van der Waals surface area contributed by atoms with Gasteiger partial charge < -0.3 is 5.32 Å². The van der Waals surface area contributed by atoms with Crippen molar-refractivity contribution in [2.45, 2.75) is 18.9 Å². The molecule has 3 amide bonds. The van der Waals surface area contributed by atoms with Crippen LogP contribution in [0.5, 0.6) is 0 Å². The first kappa shape index (κ1) is 19.0. The molecule has 0 unspecified atom stereocenters. The minimum Gasteiger partial charge on any atom is -0.319 e. The lowest BCUT2D eigenvalue weighted by Gasteiger charge is -2.25. The lowest BCUT2D eigenvalue weighted by molar-refractivity contribution is -0.131. The lowest BCUT2D eigenvalue weighted by atomic mass is 9.87. The lowest BCUT2D eigenvalue weighted by Crippen LogP contribution is -2.43. The van der Waals surface area contributed by atoms with Crippen LogP contribution in [0.15, 0.2) is 42.5 Å². The van der Waals surface area contributed by atoms with E-state index in [1.165, 1.54) is 0 Å². The highest BCUT2D eigenvalue weighted by Crippen LogP contribution is 2.33. The molecule has 1 saturated heterocycles. The maximum absolute atomic E-state index is 13.8. The van der Waals surface area contributed by atoms with Gasteiger partial charge >= 0.3 is 6.03 Å². The SMILES string of the molecule is CC[C@@]1(c2ccc(Cl)cc2)NC(=O)N(CC(=O)c2cc(F)ccc2F)C1=O. The second-order valence-electron chi connectivity index (χ2n) is 6.13. The molecule has 0 aromatic heterocycles. The highest BCUT2D eigenvalue weighted by Gasteiger charge is 2.51. The van der Waals surface area contributed by atoms with Gasteiger partial charge in [0.05, 0.1) is 12.1 Å². The highest BCUT2D eigenvalue weighted by molar-refractivity contribution is 6.30. The third-order valence-corrected chi connectivity index (χ3v) is 4.83. The predicted octanol–water partition coefficient (Wildman–Crippen LogP) is 3.66. The maximum Gasteiger partial charge on any atom is 0.325 e. The number of amides is 3. The Kier molecular flexibility index (Phi) is 4.97. The van der Waals surface area contributed by atoms with Crippen LogP contribution in [0.3, 0.4) is 0 Å². The maximum atomic E-state index is 13.8. The summed E-state index contributed by atoms with van der Waals surface area (Å²) in [6.45, 7) is 1.02. The van der Waals surface area contributed by atoms with Crippen LogP contribution in [0, 0.1) is 11.6 Å². The molecule has 1 aliphatic rings. The Balaban J connectivity index is 1.90. The number of halogens is 3. The summed E-state index contributed by atoms with van der Waals surface area (Å²) >= 11 is 5.87. The van der Waals surface area contributed by atoms with Gasteiger partial charge in [-0.15, -0.1) is 0 Å². The average Bonchev–Trinajstić information content (AvgIpc) is 2.89. The van der Waals surface area contributed by atoms with E-state index in [0.29, 0.717) is 15.5 Å². The summed E-state index contributed by atoms with van der Waals surface area (Å²) in [5.74, 6) is -3.23. The highest BCUT2D eigenvalue weighted by atomic mass is 35.5. The molecular formula is C19H15ClF2N2O3. The van der Waals surface area contributed by atoms with Crippen LogP contribution in [0.1, 0.15) is 29.3 Å². The Labute approximate surface area is 158 Å². The molecule has 2 aromatic carbocycles. The molecule has 8 heteroatoms. The Bertz CT molecular complexity index is 933. The number of rotatable bonds is 5. The number of nitrogens with zero attached hydrogens (tertiary/aromatic N) is 1. The second kappa shape index (κ2) is 7.08. The zero-order valence-corrected chi connectivity index (χ0v) is 15.0. The van der Waals surface area contributed by atoms with E-state index in [4.69, 9.17) is 11.6 Å². The number of benzene rings is 2. The number of urea groups is 1. The number of hydrogen-bond acceptors (Lipinski definition) is 3. The predicted molar refractivity (Wildman–Crippen MR) is 94.4 cm³/mol. The molecule has 1 fully saturated rings. The Morgan fingerprint density at radius 2 is 1.81 bits per heavy atom. The number of nitrogens with one attached hydrogen (secondary N) is 1. The van der Waals surface area contributed by atoms with Gasteiger partial charge in [-0.05, 0) is 42.3 Å². The third-order valence-electron chi connectivity index (χ3n) is 4.57. The molecule has 2 aromatic rings. The van der Waals surface area contributed by atoms with E-state index in [-0.39, 0.29) is 6.42 Å². The summed E-state index contributed by atoms with van der Waals surface area (Å²) < 4.78 is 27.1. The van der Waals surface area contributed by atoms with Gasteiger partial charge in [-0.1, -0.05) is 30.7 Å². The number of carbonyl (C=O) groups is 3. The van der Waals surface area contributed by atoms with Crippen molar-refractivity contribution in [2.24, 2.45) is 0 Å². The van der Waals surface area contributed by atoms with Crippen molar-refractivity contribution in [3.63, 3.8) is 0 Å². The van der Waals surface area contributed by atoms with Gasteiger partial charge in [0, 0.05) is 5.02 Å². The Morgan fingerprint density at radius 1 is 1.15 bits per heavy atom. The molecule has 1 heterocycles. The summed E-state index contributed by atoms with van der Waals surface area (Å²) in [5, 5.41) is 3.08. The number of hydrogen-bond donors (Lipinski definition) is 1. The fraction of sp³-hybridized carbons (Fsp3) is 0.211. The van der Waals surface area contributed by atoms with Crippen LogP contribution < -0.4 is 5.32 Å². The fourth-order valence-electron chi connectivity index (χ4n) is 3.08. The molecule has 0 bridgehead atoms. The van der Waals surface area contributed by atoms with E-state index in [1.807, 2.05) is 0 Å².